The average Bonchev–Trinajstić information content (AvgIpc) is 2.65. The fraction of sp³-hybridized carbons (Fsp3) is 0.263. The number of esters is 1. The highest BCUT2D eigenvalue weighted by atomic mass is 79.9. The third-order valence-corrected chi connectivity index (χ3v) is 4.46. The standard InChI is InChI=1S/C19H21BrN2O5/c1-4-22-19(24)11-5-6-15(14(21)7-11)27-17-10-13(20)12(8-16(17)25-2)9-18(23)26-3/h5-8,10H,4,9,21H2,1-3H3,(H,22,24). The molecular formula is C19H21BrN2O5. The minimum atomic E-state index is -0.364. The van der Waals surface area contributed by atoms with Crippen molar-refractivity contribution in [1.82, 2.24) is 5.32 Å². The van der Waals surface area contributed by atoms with Gasteiger partial charge in [-0.2, -0.15) is 0 Å². The lowest BCUT2D eigenvalue weighted by atomic mass is 10.1. The predicted molar refractivity (Wildman–Crippen MR) is 105 cm³/mol. The molecule has 1 amide bonds. The number of nitrogens with two attached hydrogens (primary N) is 1. The van der Waals surface area contributed by atoms with E-state index in [4.69, 9.17) is 19.9 Å². The topological polar surface area (TPSA) is 99.9 Å². The number of halogens is 1. The summed E-state index contributed by atoms with van der Waals surface area (Å²) in [7, 11) is 2.83. The van der Waals surface area contributed by atoms with Gasteiger partial charge in [-0.25, -0.2) is 0 Å². The second kappa shape index (κ2) is 9.27. The largest absolute Gasteiger partial charge is 0.493 e. The molecule has 2 aromatic carbocycles. The number of methoxy groups -OCH3 is 2. The smallest absolute Gasteiger partial charge is 0.310 e. The van der Waals surface area contributed by atoms with E-state index < -0.39 is 0 Å². The maximum atomic E-state index is 11.9. The molecule has 0 unspecified atom stereocenters. The predicted octanol–water partition coefficient (Wildman–Crippen LogP) is 3.30. The minimum absolute atomic E-state index is 0.0943. The number of rotatable bonds is 7. The Bertz CT molecular complexity index is 854. The Morgan fingerprint density at radius 1 is 1.11 bits per heavy atom. The molecular weight excluding hydrogens is 416 g/mol. The SMILES string of the molecule is CCNC(=O)c1ccc(Oc2cc(Br)c(CC(=O)OC)cc2OC)c(N)c1. The molecule has 7 nitrogen and oxygen atoms in total. The molecule has 2 aromatic rings. The van der Waals surface area contributed by atoms with Crippen LogP contribution in [0.5, 0.6) is 17.2 Å². The fourth-order valence-corrected chi connectivity index (χ4v) is 2.81. The van der Waals surface area contributed by atoms with E-state index in [-0.39, 0.29) is 18.3 Å². The van der Waals surface area contributed by atoms with E-state index in [1.165, 1.54) is 14.2 Å². The van der Waals surface area contributed by atoms with Crippen LogP contribution in [0.15, 0.2) is 34.8 Å². The summed E-state index contributed by atoms with van der Waals surface area (Å²) in [5.41, 5.74) is 7.49. The summed E-state index contributed by atoms with van der Waals surface area (Å²) >= 11 is 3.42. The second-order valence-electron chi connectivity index (χ2n) is 5.56. The monoisotopic (exact) mass is 436 g/mol. The van der Waals surface area contributed by atoms with Crippen molar-refractivity contribution in [2.45, 2.75) is 13.3 Å². The number of carbonyl (C=O) groups excluding carboxylic acids is 2. The lowest BCUT2D eigenvalue weighted by Gasteiger charge is -2.15. The van der Waals surface area contributed by atoms with Crippen LogP contribution in [-0.4, -0.2) is 32.6 Å². The van der Waals surface area contributed by atoms with E-state index in [0.29, 0.717) is 45.1 Å². The van der Waals surface area contributed by atoms with Gasteiger partial charge in [0.1, 0.15) is 0 Å². The van der Waals surface area contributed by atoms with Gasteiger partial charge in [0.05, 0.1) is 26.3 Å². The van der Waals surface area contributed by atoms with Crippen molar-refractivity contribution in [3.63, 3.8) is 0 Å². The highest BCUT2D eigenvalue weighted by Crippen LogP contribution is 2.38. The molecule has 0 aliphatic rings. The normalized spacial score (nSPS) is 10.2. The summed E-state index contributed by atoms with van der Waals surface area (Å²) in [6.45, 7) is 2.37. The molecule has 0 spiro atoms. The quantitative estimate of drug-likeness (QED) is 0.510. The molecule has 144 valence electrons. The third-order valence-electron chi connectivity index (χ3n) is 3.72. The Morgan fingerprint density at radius 3 is 2.44 bits per heavy atom. The zero-order valence-corrected chi connectivity index (χ0v) is 16.9. The number of benzene rings is 2. The zero-order chi connectivity index (χ0) is 20.0. The number of hydrogen-bond acceptors (Lipinski definition) is 6. The molecule has 0 saturated heterocycles. The van der Waals surface area contributed by atoms with E-state index in [0.717, 1.165) is 0 Å². The molecule has 0 fully saturated rings. The number of nitrogens with one attached hydrogen (secondary N) is 1. The number of hydrogen-bond donors (Lipinski definition) is 2. The van der Waals surface area contributed by atoms with Gasteiger partial charge in [-0.1, -0.05) is 15.9 Å². The van der Waals surface area contributed by atoms with Gasteiger partial charge in [0.15, 0.2) is 17.2 Å². The first-order chi connectivity index (χ1) is 12.9. The first-order valence-corrected chi connectivity index (χ1v) is 8.97. The maximum Gasteiger partial charge on any atom is 0.310 e. The summed E-state index contributed by atoms with van der Waals surface area (Å²) < 4.78 is 16.6. The van der Waals surface area contributed by atoms with Crippen molar-refractivity contribution in [3.8, 4) is 17.2 Å². The molecule has 0 radical (unpaired) electrons. The van der Waals surface area contributed by atoms with E-state index in [2.05, 4.69) is 21.2 Å². The summed E-state index contributed by atoms with van der Waals surface area (Å²) in [4.78, 5) is 23.4. The van der Waals surface area contributed by atoms with Crippen LogP contribution in [0.4, 0.5) is 5.69 Å². The van der Waals surface area contributed by atoms with Gasteiger partial charge in [-0.3, -0.25) is 9.59 Å². The summed E-state index contributed by atoms with van der Waals surface area (Å²) in [6, 6.07) is 8.18. The van der Waals surface area contributed by atoms with Crippen molar-refractivity contribution < 1.29 is 23.8 Å². The number of amides is 1. The Hall–Kier alpha value is -2.74. The van der Waals surface area contributed by atoms with E-state index in [1.807, 2.05) is 6.92 Å². The van der Waals surface area contributed by atoms with Crippen molar-refractivity contribution in [3.05, 3.63) is 45.9 Å². The van der Waals surface area contributed by atoms with Crippen molar-refractivity contribution in [1.29, 1.82) is 0 Å². The number of ether oxygens (including phenoxy) is 3. The Balaban J connectivity index is 2.30. The molecule has 0 saturated carbocycles. The molecule has 2 rings (SSSR count). The molecule has 0 aliphatic heterocycles. The van der Waals surface area contributed by atoms with Crippen LogP contribution in [0.1, 0.15) is 22.8 Å². The van der Waals surface area contributed by atoms with Crippen molar-refractivity contribution >= 4 is 33.5 Å². The van der Waals surface area contributed by atoms with Crippen LogP contribution in [-0.2, 0) is 16.0 Å². The molecule has 0 aliphatic carbocycles. The molecule has 0 heterocycles. The molecule has 0 atom stereocenters. The van der Waals surface area contributed by atoms with Crippen LogP contribution in [0.2, 0.25) is 0 Å². The zero-order valence-electron chi connectivity index (χ0n) is 15.3. The minimum Gasteiger partial charge on any atom is -0.493 e. The highest BCUT2D eigenvalue weighted by molar-refractivity contribution is 9.10. The van der Waals surface area contributed by atoms with Crippen molar-refractivity contribution in [2.24, 2.45) is 0 Å². The summed E-state index contributed by atoms with van der Waals surface area (Å²) in [5, 5.41) is 2.71. The lowest BCUT2D eigenvalue weighted by Crippen LogP contribution is -2.22. The Kier molecular flexibility index (Phi) is 7.06. The number of nitrogen functional groups attached to an aromatic ring is 1. The summed E-state index contributed by atoms with van der Waals surface area (Å²) in [5.74, 6) is 0.661. The van der Waals surface area contributed by atoms with Gasteiger partial charge in [0.25, 0.3) is 5.91 Å². The van der Waals surface area contributed by atoms with Gasteiger partial charge in [-0.15, -0.1) is 0 Å². The Labute approximate surface area is 165 Å². The molecule has 27 heavy (non-hydrogen) atoms. The number of anilines is 1. The van der Waals surface area contributed by atoms with Gasteiger partial charge in [0.2, 0.25) is 0 Å². The van der Waals surface area contributed by atoms with Gasteiger partial charge < -0.3 is 25.3 Å². The molecule has 0 bridgehead atoms. The first kappa shape index (κ1) is 20.6. The molecule has 0 aromatic heterocycles. The van der Waals surface area contributed by atoms with Crippen LogP contribution in [0, 0.1) is 0 Å². The van der Waals surface area contributed by atoms with Crippen molar-refractivity contribution in [2.75, 3.05) is 26.5 Å². The summed E-state index contributed by atoms with van der Waals surface area (Å²) in [6.07, 6.45) is 0.0943. The van der Waals surface area contributed by atoms with E-state index >= 15 is 0 Å². The van der Waals surface area contributed by atoms with Crippen LogP contribution in [0.3, 0.4) is 0 Å². The van der Waals surface area contributed by atoms with E-state index in [1.54, 1.807) is 30.3 Å². The van der Waals surface area contributed by atoms with Gasteiger partial charge in [-0.05, 0) is 42.8 Å². The van der Waals surface area contributed by atoms with Crippen LogP contribution in [0.25, 0.3) is 0 Å². The molecule has 3 N–H and O–H groups in total. The maximum absolute atomic E-state index is 11.9. The molecule has 8 heteroatoms. The average molecular weight is 437 g/mol. The lowest BCUT2D eigenvalue weighted by molar-refractivity contribution is -0.139. The number of carbonyl (C=O) groups is 2. The van der Waals surface area contributed by atoms with Crippen LogP contribution < -0.4 is 20.5 Å². The van der Waals surface area contributed by atoms with Gasteiger partial charge >= 0.3 is 5.97 Å². The third kappa shape index (κ3) is 5.13. The van der Waals surface area contributed by atoms with E-state index in [9.17, 15) is 9.59 Å². The van der Waals surface area contributed by atoms with Crippen LogP contribution >= 0.6 is 15.9 Å². The highest BCUT2D eigenvalue weighted by Gasteiger charge is 2.16. The fourth-order valence-electron chi connectivity index (χ4n) is 2.34. The Morgan fingerprint density at radius 2 is 1.85 bits per heavy atom. The first-order valence-electron chi connectivity index (χ1n) is 8.18. The van der Waals surface area contributed by atoms with Gasteiger partial charge in [0, 0.05) is 16.6 Å². The second-order valence-corrected chi connectivity index (χ2v) is 6.42.